The van der Waals surface area contributed by atoms with Crippen molar-refractivity contribution in [3.05, 3.63) is 71.3 Å². The van der Waals surface area contributed by atoms with Gasteiger partial charge in [0, 0.05) is 44.3 Å². The van der Waals surface area contributed by atoms with Gasteiger partial charge in [-0.05, 0) is 36.6 Å². The molecule has 2 aromatic heterocycles. The van der Waals surface area contributed by atoms with Crippen molar-refractivity contribution < 1.29 is 14.7 Å². The highest BCUT2D eigenvalue weighted by atomic mass is 16.4. The number of amides is 2. The van der Waals surface area contributed by atoms with Crippen LogP contribution in [0.5, 0.6) is 0 Å². The highest BCUT2D eigenvalue weighted by Crippen LogP contribution is 2.15. The van der Waals surface area contributed by atoms with Crippen LogP contribution in [-0.4, -0.2) is 60.4 Å². The Hall–Kier alpha value is -3.99. The molecular weight excluding hydrogens is 414 g/mol. The van der Waals surface area contributed by atoms with E-state index in [0.29, 0.717) is 5.69 Å². The van der Waals surface area contributed by atoms with E-state index in [4.69, 9.17) is 5.11 Å². The summed E-state index contributed by atoms with van der Waals surface area (Å²) < 4.78 is 2.65. The van der Waals surface area contributed by atoms with Gasteiger partial charge in [0.15, 0.2) is 0 Å². The zero-order valence-electron chi connectivity index (χ0n) is 17.2. The molecular formula is C21H23N7O4. The van der Waals surface area contributed by atoms with Crippen molar-refractivity contribution >= 4 is 17.9 Å². The van der Waals surface area contributed by atoms with Crippen LogP contribution in [0.25, 0.3) is 5.69 Å². The SMILES string of the molecule is O=C(O)NC1CCN(Cc2ccc(-n3ccc(NC(=O)n4ccnc4)nc3=O)cc2)CC1. The van der Waals surface area contributed by atoms with Crippen molar-refractivity contribution in [1.29, 1.82) is 0 Å². The molecule has 0 saturated carbocycles. The summed E-state index contributed by atoms with van der Waals surface area (Å²) in [5, 5.41) is 13.9. The van der Waals surface area contributed by atoms with E-state index in [0.717, 1.165) is 38.0 Å². The number of benzene rings is 1. The largest absolute Gasteiger partial charge is 0.465 e. The second-order valence-corrected chi connectivity index (χ2v) is 7.53. The van der Waals surface area contributed by atoms with Gasteiger partial charge in [0.2, 0.25) is 0 Å². The summed E-state index contributed by atoms with van der Waals surface area (Å²) >= 11 is 0. The molecule has 11 nitrogen and oxygen atoms in total. The third-order valence-corrected chi connectivity index (χ3v) is 5.31. The van der Waals surface area contributed by atoms with E-state index in [-0.39, 0.29) is 11.9 Å². The van der Waals surface area contributed by atoms with Gasteiger partial charge in [-0.25, -0.2) is 19.4 Å². The fourth-order valence-corrected chi connectivity index (χ4v) is 3.65. The molecule has 0 atom stereocenters. The summed E-state index contributed by atoms with van der Waals surface area (Å²) in [6.45, 7) is 2.40. The number of anilines is 1. The molecule has 1 aliphatic heterocycles. The highest BCUT2D eigenvalue weighted by Gasteiger charge is 2.20. The molecule has 1 aliphatic rings. The van der Waals surface area contributed by atoms with Crippen LogP contribution in [0.1, 0.15) is 18.4 Å². The minimum absolute atomic E-state index is 0.0122. The van der Waals surface area contributed by atoms with E-state index in [1.807, 2.05) is 24.3 Å². The maximum absolute atomic E-state index is 12.4. The topological polar surface area (TPSA) is 134 Å². The number of nitrogens with one attached hydrogen (secondary N) is 2. The second kappa shape index (κ2) is 9.43. The van der Waals surface area contributed by atoms with E-state index < -0.39 is 17.8 Å². The molecule has 0 bridgehead atoms. The molecule has 3 heterocycles. The third kappa shape index (κ3) is 5.19. The Bertz CT molecular complexity index is 1130. The van der Waals surface area contributed by atoms with Gasteiger partial charge in [0.25, 0.3) is 0 Å². The predicted octanol–water partition coefficient (Wildman–Crippen LogP) is 1.74. The van der Waals surface area contributed by atoms with E-state index in [1.54, 1.807) is 12.3 Å². The second-order valence-electron chi connectivity index (χ2n) is 7.53. The maximum atomic E-state index is 12.4. The van der Waals surface area contributed by atoms with Gasteiger partial charge in [-0.15, -0.1) is 0 Å². The van der Waals surface area contributed by atoms with Gasteiger partial charge in [-0.3, -0.25) is 19.4 Å². The van der Waals surface area contributed by atoms with Gasteiger partial charge in [0.05, 0.1) is 5.69 Å². The van der Waals surface area contributed by atoms with Crippen molar-refractivity contribution in [3.63, 3.8) is 0 Å². The van der Waals surface area contributed by atoms with Crippen LogP contribution in [0.2, 0.25) is 0 Å². The number of hydrogen-bond acceptors (Lipinski definition) is 6. The van der Waals surface area contributed by atoms with Crippen LogP contribution in [-0.2, 0) is 6.54 Å². The summed E-state index contributed by atoms with van der Waals surface area (Å²) in [7, 11) is 0. The van der Waals surface area contributed by atoms with E-state index in [2.05, 4.69) is 25.5 Å². The number of imidazole rings is 1. The molecule has 32 heavy (non-hydrogen) atoms. The molecule has 11 heteroatoms. The summed E-state index contributed by atoms with van der Waals surface area (Å²) in [4.78, 5) is 45.2. The van der Waals surface area contributed by atoms with Crippen molar-refractivity contribution in [1.82, 2.24) is 29.3 Å². The lowest BCUT2D eigenvalue weighted by Gasteiger charge is -2.31. The van der Waals surface area contributed by atoms with Gasteiger partial charge >= 0.3 is 17.8 Å². The smallest absolute Gasteiger partial charge is 0.404 e. The molecule has 166 valence electrons. The number of rotatable bonds is 5. The minimum atomic E-state index is -0.975. The Morgan fingerprint density at radius 1 is 1.09 bits per heavy atom. The van der Waals surface area contributed by atoms with Crippen LogP contribution in [0.15, 0.2) is 60.0 Å². The number of likely N-dealkylation sites (tertiary alicyclic amines) is 1. The molecule has 4 rings (SSSR count). The molecule has 2 amide bonds. The van der Waals surface area contributed by atoms with Crippen molar-refractivity contribution in [2.24, 2.45) is 0 Å². The number of carboxylic acid groups (broad SMARTS) is 1. The number of aromatic nitrogens is 4. The van der Waals surface area contributed by atoms with Gasteiger partial charge < -0.3 is 10.4 Å². The first-order valence-electron chi connectivity index (χ1n) is 10.2. The Kier molecular flexibility index (Phi) is 6.26. The quantitative estimate of drug-likeness (QED) is 0.553. The molecule has 1 aromatic carbocycles. The molecule has 0 radical (unpaired) electrons. The van der Waals surface area contributed by atoms with E-state index in [9.17, 15) is 14.4 Å². The molecule has 3 aromatic rings. The van der Waals surface area contributed by atoms with Gasteiger partial charge in [0.1, 0.15) is 12.1 Å². The highest BCUT2D eigenvalue weighted by molar-refractivity contribution is 5.89. The fourth-order valence-electron chi connectivity index (χ4n) is 3.65. The maximum Gasteiger partial charge on any atom is 0.404 e. The van der Waals surface area contributed by atoms with Crippen LogP contribution < -0.4 is 16.3 Å². The van der Waals surface area contributed by atoms with Gasteiger partial charge in [-0.1, -0.05) is 12.1 Å². The van der Waals surface area contributed by atoms with Gasteiger partial charge in [-0.2, -0.15) is 4.98 Å². The van der Waals surface area contributed by atoms with Crippen LogP contribution in [0, 0.1) is 0 Å². The molecule has 1 saturated heterocycles. The summed E-state index contributed by atoms with van der Waals surface area (Å²) in [6, 6.07) is 8.72. The molecule has 0 spiro atoms. The minimum Gasteiger partial charge on any atom is -0.465 e. The van der Waals surface area contributed by atoms with Crippen LogP contribution >= 0.6 is 0 Å². The predicted molar refractivity (Wildman–Crippen MR) is 116 cm³/mol. The van der Waals surface area contributed by atoms with Crippen molar-refractivity contribution in [3.8, 4) is 5.69 Å². The summed E-state index contributed by atoms with van der Waals surface area (Å²) in [6.07, 6.45) is 6.49. The normalized spacial score (nSPS) is 14.8. The van der Waals surface area contributed by atoms with Crippen molar-refractivity contribution in [2.45, 2.75) is 25.4 Å². The summed E-state index contributed by atoms with van der Waals surface area (Å²) in [5.41, 5.74) is 1.26. The number of carbonyl (C=O) groups is 2. The lowest BCUT2D eigenvalue weighted by molar-refractivity contribution is 0.165. The average molecular weight is 437 g/mol. The molecule has 3 N–H and O–H groups in total. The Morgan fingerprint density at radius 2 is 1.84 bits per heavy atom. The number of hydrogen-bond donors (Lipinski definition) is 3. The van der Waals surface area contributed by atoms with Crippen molar-refractivity contribution in [2.75, 3.05) is 18.4 Å². The van der Waals surface area contributed by atoms with E-state index in [1.165, 1.54) is 27.9 Å². The Balaban J connectivity index is 1.36. The lowest BCUT2D eigenvalue weighted by atomic mass is 10.0. The van der Waals surface area contributed by atoms with E-state index >= 15 is 0 Å². The number of nitrogens with zero attached hydrogens (tertiary/aromatic N) is 5. The van der Waals surface area contributed by atoms with Crippen LogP contribution in [0.4, 0.5) is 15.4 Å². The zero-order chi connectivity index (χ0) is 22.5. The third-order valence-electron chi connectivity index (χ3n) is 5.31. The number of piperidine rings is 1. The zero-order valence-corrected chi connectivity index (χ0v) is 17.2. The molecule has 0 unspecified atom stereocenters. The Labute approximate surface area is 183 Å². The lowest BCUT2D eigenvalue weighted by Crippen LogP contribution is -2.43. The average Bonchev–Trinajstić information content (AvgIpc) is 3.31. The molecule has 1 fully saturated rings. The molecule has 0 aliphatic carbocycles. The summed E-state index contributed by atoms with van der Waals surface area (Å²) in [5.74, 6) is 0.155. The first-order chi connectivity index (χ1) is 15.5. The standard InChI is InChI=1S/C21H23N7O4/c29-19(27-12-8-22-14-27)24-18-7-11-28(20(30)25-18)17-3-1-15(2-4-17)13-26-9-5-16(6-10-26)23-21(31)32/h1-4,7-8,11-12,14,16,23H,5-6,9-10,13H2,(H,31,32)(H,24,25,29,30). The first-order valence-corrected chi connectivity index (χ1v) is 10.2. The van der Waals surface area contributed by atoms with Crippen LogP contribution in [0.3, 0.4) is 0 Å². The first kappa shape index (κ1) is 21.2. The monoisotopic (exact) mass is 437 g/mol. The number of carbonyl (C=O) groups excluding carboxylic acids is 1. The fraction of sp³-hybridized carbons (Fsp3) is 0.286. The Morgan fingerprint density at radius 3 is 2.47 bits per heavy atom.